The first-order chi connectivity index (χ1) is 7.08. The summed E-state index contributed by atoms with van der Waals surface area (Å²) in [6.45, 7) is 3.45. The molecule has 1 heterocycles. The van der Waals surface area contributed by atoms with E-state index >= 15 is 0 Å². The lowest BCUT2D eigenvalue weighted by molar-refractivity contribution is -0.115. The highest BCUT2D eigenvalue weighted by molar-refractivity contribution is 7.17. The van der Waals surface area contributed by atoms with Gasteiger partial charge >= 0.3 is 5.97 Å². The number of methoxy groups -OCH3 is 1. The van der Waals surface area contributed by atoms with Gasteiger partial charge in [-0.2, -0.15) is 0 Å². The van der Waals surface area contributed by atoms with Crippen LogP contribution in [0.4, 0.5) is 5.13 Å². The van der Waals surface area contributed by atoms with Crippen molar-refractivity contribution in [2.24, 2.45) is 0 Å². The van der Waals surface area contributed by atoms with Crippen molar-refractivity contribution in [1.82, 2.24) is 4.98 Å². The molecular formula is C9H12N2O3S. The summed E-state index contributed by atoms with van der Waals surface area (Å²) in [5.74, 6) is -0.554. The lowest BCUT2D eigenvalue weighted by atomic mass is 10.4. The van der Waals surface area contributed by atoms with E-state index < -0.39 is 5.97 Å². The number of aromatic nitrogens is 1. The van der Waals surface area contributed by atoms with E-state index in [9.17, 15) is 9.59 Å². The normalized spacial score (nSPS) is 9.80. The van der Waals surface area contributed by atoms with Crippen molar-refractivity contribution >= 4 is 28.3 Å². The Labute approximate surface area is 91.5 Å². The van der Waals surface area contributed by atoms with E-state index in [2.05, 4.69) is 15.0 Å². The quantitative estimate of drug-likeness (QED) is 0.797. The van der Waals surface area contributed by atoms with Crippen LogP contribution in [0.15, 0.2) is 0 Å². The van der Waals surface area contributed by atoms with Gasteiger partial charge in [0.1, 0.15) is 4.88 Å². The zero-order chi connectivity index (χ0) is 11.4. The first-order valence-electron chi connectivity index (χ1n) is 4.44. The molecule has 0 saturated carbocycles. The molecule has 0 aliphatic carbocycles. The molecule has 6 heteroatoms. The third-order valence-electron chi connectivity index (χ3n) is 1.73. The monoisotopic (exact) mass is 228 g/mol. The average molecular weight is 228 g/mol. The van der Waals surface area contributed by atoms with Crippen LogP contribution in [0.5, 0.6) is 0 Å². The molecule has 5 nitrogen and oxygen atoms in total. The van der Waals surface area contributed by atoms with E-state index in [-0.39, 0.29) is 5.91 Å². The molecule has 1 amide bonds. The number of carbonyl (C=O) groups is 2. The summed E-state index contributed by atoms with van der Waals surface area (Å²) in [6, 6.07) is 0. The lowest BCUT2D eigenvalue weighted by Gasteiger charge is -1.95. The number of nitrogens with one attached hydrogen (secondary N) is 1. The minimum atomic E-state index is -0.429. The van der Waals surface area contributed by atoms with Crippen LogP contribution in [0.1, 0.15) is 28.7 Å². The summed E-state index contributed by atoms with van der Waals surface area (Å²) in [4.78, 5) is 26.8. The predicted octanol–water partition coefficient (Wildman–Crippen LogP) is 1.59. The number of aryl methyl sites for hydroxylation is 1. The fourth-order valence-electron chi connectivity index (χ4n) is 0.940. The maximum Gasteiger partial charge on any atom is 0.350 e. The van der Waals surface area contributed by atoms with E-state index in [1.54, 1.807) is 13.8 Å². The number of thiazole rings is 1. The number of ether oxygens (including phenoxy) is 1. The summed E-state index contributed by atoms with van der Waals surface area (Å²) in [7, 11) is 1.31. The van der Waals surface area contributed by atoms with Crippen molar-refractivity contribution in [2.75, 3.05) is 12.4 Å². The molecule has 1 rings (SSSR count). The summed E-state index contributed by atoms with van der Waals surface area (Å²) in [6.07, 6.45) is 0.381. The molecule has 0 saturated heterocycles. The molecule has 1 N–H and O–H groups in total. The van der Waals surface area contributed by atoms with Gasteiger partial charge in [0.05, 0.1) is 12.8 Å². The van der Waals surface area contributed by atoms with E-state index in [1.807, 2.05) is 0 Å². The van der Waals surface area contributed by atoms with Gasteiger partial charge in [-0.05, 0) is 6.92 Å². The van der Waals surface area contributed by atoms with Crippen molar-refractivity contribution in [3.05, 3.63) is 10.6 Å². The van der Waals surface area contributed by atoms with Crippen molar-refractivity contribution in [1.29, 1.82) is 0 Å². The second kappa shape index (κ2) is 4.88. The number of carbonyl (C=O) groups excluding carboxylic acids is 2. The van der Waals surface area contributed by atoms with Crippen molar-refractivity contribution < 1.29 is 14.3 Å². The van der Waals surface area contributed by atoms with Gasteiger partial charge in [0.25, 0.3) is 0 Å². The molecule has 15 heavy (non-hydrogen) atoms. The van der Waals surface area contributed by atoms with E-state index in [0.717, 1.165) is 11.3 Å². The van der Waals surface area contributed by atoms with Gasteiger partial charge < -0.3 is 10.1 Å². The van der Waals surface area contributed by atoms with Crippen LogP contribution in [0, 0.1) is 6.92 Å². The minimum absolute atomic E-state index is 0.125. The van der Waals surface area contributed by atoms with Crippen LogP contribution in [-0.4, -0.2) is 24.0 Å². The standard InChI is InChI=1S/C9H12N2O3S/c1-4-6(12)11-9-10-5(2)7(15-9)8(13)14-3/h4H2,1-3H3,(H,10,11,12). The summed E-state index contributed by atoms with van der Waals surface area (Å²) in [5.41, 5.74) is 0.568. The Balaban J connectivity index is 2.86. The van der Waals surface area contributed by atoms with Crippen LogP contribution in [-0.2, 0) is 9.53 Å². The van der Waals surface area contributed by atoms with Crippen LogP contribution < -0.4 is 5.32 Å². The Morgan fingerprint density at radius 3 is 2.73 bits per heavy atom. The van der Waals surface area contributed by atoms with Crippen molar-refractivity contribution in [3.8, 4) is 0 Å². The van der Waals surface area contributed by atoms with Crippen molar-refractivity contribution in [3.63, 3.8) is 0 Å². The third-order valence-corrected chi connectivity index (χ3v) is 2.79. The molecule has 0 atom stereocenters. The molecule has 0 fully saturated rings. The second-order valence-electron chi connectivity index (χ2n) is 2.83. The highest BCUT2D eigenvalue weighted by Crippen LogP contribution is 2.23. The number of hydrogen-bond acceptors (Lipinski definition) is 5. The molecule has 0 spiro atoms. The van der Waals surface area contributed by atoms with Gasteiger partial charge in [-0.25, -0.2) is 9.78 Å². The Morgan fingerprint density at radius 1 is 1.53 bits per heavy atom. The fourth-order valence-corrected chi connectivity index (χ4v) is 1.84. The maximum atomic E-state index is 11.2. The lowest BCUT2D eigenvalue weighted by Crippen LogP contribution is -2.08. The number of anilines is 1. The Kier molecular flexibility index (Phi) is 3.79. The third kappa shape index (κ3) is 2.76. The van der Waals surface area contributed by atoms with Gasteiger partial charge in [-0.15, -0.1) is 0 Å². The number of esters is 1. The first kappa shape index (κ1) is 11.6. The average Bonchev–Trinajstić information content (AvgIpc) is 2.58. The number of rotatable bonds is 3. The molecule has 0 aliphatic heterocycles. The summed E-state index contributed by atoms with van der Waals surface area (Å²) >= 11 is 1.12. The number of hydrogen-bond donors (Lipinski definition) is 1. The van der Waals surface area contributed by atoms with Crippen LogP contribution in [0.2, 0.25) is 0 Å². The van der Waals surface area contributed by atoms with E-state index in [0.29, 0.717) is 22.1 Å². The molecule has 0 bridgehead atoms. The molecule has 1 aromatic rings. The van der Waals surface area contributed by atoms with Gasteiger partial charge in [0, 0.05) is 6.42 Å². The van der Waals surface area contributed by atoms with Crippen LogP contribution in [0.3, 0.4) is 0 Å². The Hall–Kier alpha value is -1.43. The Morgan fingerprint density at radius 2 is 2.20 bits per heavy atom. The number of nitrogens with zero attached hydrogens (tertiary/aromatic N) is 1. The smallest absolute Gasteiger partial charge is 0.350 e. The molecule has 1 aromatic heterocycles. The van der Waals surface area contributed by atoms with Crippen LogP contribution in [0.25, 0.3) is 0 Å². The Bertz CT molecular complexity index is 387. The summed E-state index contributed by atoms with van der Waals surface area (Å²) in [5, 5.41) is 3.02. The van der Waals surface area contributed by atoms with Crippen LogP contribution >= 0.6 is 11.3 Å². The van der Waals surface area contributed by atoms with Gasteiger partial charge in [-0.1, -0.05) is 18.3 Å². The maximum absolute atomic E-state index is 11.2. The van der Waals surface area contributed by atoms with Gasteiger partial charge in [-0.3, -0.25) is 4.79 Å². The van der Waals surface area contributed by atoms with Crippen molar-refractivity contribution in [2.45, 2.75) is 20.3 Å². The molecule has 0 unspecified atom stereocenters. The molecule has 0 radical (unpaired) electrons. The molecule has 0 aliphatic rings. The fraction of sp³-hybridized carbons (Fsp3) is 0.444. The first-order valence-corrected chi connectivity index (χ1v) is 5.25. The van der Waals surface area contributed by atoms with Gasteiger partial charge in [0.15, 0.2) is 5.13 Å². The topological polar surface area (TPSA) is 68.3 Å². The van der Waals surface area contributed by atoms with E-state index in [1.165, 1.54) is 7.11 Å². The zero-order valence-electron chi connectivity index (χ0n) is 8.79. The molecule has 0 aromatic carbocycles. The molecule has 82 valence electrons. The number of amides is 1. The highest BCUT2D eigenvalue weighted by Gasteiger charge is 2.16. The minimum Gasteiger partial charge on any atom is -0.465 e. The molecular weight excluding hydrogens is 216 g/mol. The SMILES string of the molecule is CCC(=O)Nc1nc(C)c(C(=O)OC)s1. The van der Waals surface area contributed by atoms with E-state index in [4.69, 9.17) is 0 Å². The predicted molar refractivity (Wildman–Crippen MR) is 57.1 cm³/mol. The summed E-state index contributed by atoms with van der Waals surface area (Å²) < 4.78 is 4.58. The second-order valence-corrected chi connectivity index (χ2v) is 3.83. The largest absolute Gasteiger partial charge is 0.465 e. The zero-order valence-corrected chi connectivity index (χ0v) is 9.60. The highest BCUT2D eigenvalue weighted by atomic mass is 32.1. The van der Waals surface area contributed by atoms with Gasteiger partial charge in [0.2, 0.25) is 5.91 Å².